The maximum Gasteiger partial charge on any atom is 0.338 e. The first-order chi connectivity index (χ1) is 9.60. The van der Waals surface area contributed by atoms with E-state index in [1.807, 2.05) is 0 Å². The van der Waals surface area contributed by atoms with E-state index < -0.39 is 5.97 Å². The summed E-state index contributed by atoms with van der Waals surface area (Å²) in [5.74, 6) is -0.843. The largest absolute Gasteiger partial charge is 0.454 e. The minimum Gasteiger partial charge on any atom is -0.454 e. The standard InChI is InChI=1S/C14H9BrO4S/c15-13-6-5-12(20-13)11(17)8-19-14(18)10-3-1-9(7-16)2-4-10/h1-7H,8H2. The Morgan fingerprint density at radius 2 is 1.85 bits per heavy atom. The lowest BCUT2D eigenvalue weighted by atomic mass is 10.1. The Bertz CT molecular complexity index is 645. The molecule has 0 atom stereocenters. The number of rotatable bonds is 5. The van der Waals surface area contributed by atoms with Crippen molar-refractivity contribution in [2.24, 2.45) is 0 Å². The van der Waals surface area contributed by atoms with Crippen LogP contribution in [-0.2, 0) is 4.74 Å². The van der Waals surface area contributed by atoms with Crippen LogP contribution in [0.15, 0.2) is 40.2 Å². The third-order valence-corrected chi connectivity index (χ3v) is 4.13. The Labute approximate surface area is 127 Å². The second kappa shape index (κ2) is 6.58. The van der Waals surface area contributed by atoms with Gasteiger partial charge < -0.3 is 4.74 Å². The zero-order valence-corrected chi connectivity index (χ0v) is 12.6. The van der Waals surface area contributed by atoms with Gasteiger partial charge >= 0.3 is 5.97 Å². The zero-order valence-electron chi connectivity index (χ0n) is 10.2. The summed E-state index contributed by atoms with van der Waals surface area (Å²) >= 11 is 4.55. The average molecular weight is 353 g/mol. The fraction of sp³-hybridized carbons (Fsp3) is 0.0714. The van der Waals surface area contributed by atoms with Gasteiger partial charge in [0.1, 0.15) is 6.29 Å². The molecule has 0 saturated carbocycles. The highest BCUT2D eigenvalue weighted by atomic mass is 79.9. The van der Waals surface area contributed by atoms with Crippen LogP contribution in [0.4, 0.5) is 0 Å². The maximum absolute atomic E-state index is 11.8. The van der Waals surface area contributed by atoms with Gasteiger partial charge in [-0.2, -0.15) is 0 Å². The van der Waals surface area contributed by atoms with Gasteiger partial charge in [0.15, 0.2) is 6.61 Å². The summed E-state index contributed by atoms with van der Waals surface area (Å²) in [7, 11) is 0. The Kier molecular flexibility index (Phi) is 4.81. The van der Waals surface area contributed by atoms with Gasteiger partial charge in [0.2, 0.25) is 5.78 Å². The van der Waals surface area contributed by atoms with Crippen LogP contribution in [0.2, 0.25) is 0 Å². The molecule has 4 nitrogen and oxygen atoms in total. The molecule has 102 valence electrons. The SMILES string of the molecule is O=Cc1ccc(C(=O)OCC(=O)c2ccc(Br)s2)cc1. The summed E-state index contributed by atoms with van der Waals surface area (Å²) in [5.41, 5.74) is 0.775. The number of esters is 1. The summed E-state index contributed by atoms with van der Waals surface area (Å²) in [4.78, 5) is 34.5. The van der Waals surface area contributed by atoms with E-state index in [2.05, 4.69) is 15.9 Å². The first kappa shape index (κ1) is 14.6. The van der Waals surface area contributed by atoms with Gasteiger partial charge in [0.25, 0.3) is 0 Å². The predicted octanol–water partition coefficient (Wildman–Crippen LogP) is 3.36. The third-order valence-electron chi connectivity index (χ3n) is 2.46. The molecular weight excluding hydrogens is 344 g/mol. The molecule has 0 bridgehead atoms. The molecule has 0 radical (unpaired) electrons. The number of hydrogen-bond donors (Lipinski definition) is 0. The third kappa shape index (κ3) is 3.61. The van der Waals surface area contributed by atoms with E-state index in [0.29, 0.717) is 22.3 Å². The molecule has 1 aromatic carbocycles. The molecule has 0 spiro atoms. The van der Waals surface area contributed by atoms with E-state index in [1.54, 1.807) is 12.1 Å². The summed E-state index contributed by atoms with van der Waals surface area (Å²) in [6.07, 6.45) is 0.688. The Morgan fingerprint density at radius 3 is 2.40 bits per heavy atom. The van der Waals surface area contributed by atoms with Crippen LogP contribution in [-0.4, -0.2) is 24.6 Å². The summed E-state index contributed by atoms with van der Waals surface area (Å²) in [6.45, 7) is -0.304. The van der Waals surface area contributed by atoms with E-state index >= 15 is 0 Å². The molecule has 0 aliphatic heterocycles. The number of thiophene rings is 1. The molecule has 6 heteroatoms. The van der Waals surface area contributed by atoms with E-state index in [-0.39, 0.29) is 12.4 Å². The van der Waals surface area contributed by atoms with Gasteiger partial charge in [-0.1, -0.05) is 12.1 Å². The second-order valence-corrected chi connectivity index (χ2v) is 6.31. The molecule has 0 N–H and O–H groups in total. The highest BCUT2D eigenvalue weighted by Gasteiger charge is 2.13. The second-order valence-electron chi connectivity index (χ2n) is 3.84. The summed E-state index contributed by atoms with van der Waals surface area (Å²) in [5, 5.41) is 0. The van der Waals surface area contributed by atoms with Crippen molar-refractivity contribution in [2.75, 3.05) is 6.61 Å². The molecule has 0 unspecified atom stereocenters. The number of benzene rings is 1. The smallest absolute Gasteiger partial charge is 0.338 e. The normalized spacial score (nSPS) is 10.1. The van der Waals surface area contributed by atoms with Crippen molar-refractivity contribution < 1.29 is 19.1 Å². The minimum absolute atomic E-state index is 0.251. The highest BCUT2D eigenvalue weighted by Crippen LogP contribution is 2.22. The Balaban J connectivity index is 1.94. The van der Waals surface area contributed by atoms with Crippen molar-refractivity contribution >= 4 is 45.3 Å². The molecular formula is C14H9BrO4S. The fourth-order valence-electron chi connectivity index (χ4n) is 1.45. The first-order valence-electron chi connectivity index (χ1n) is 5.61. The number of carbonyl (C=O) groups is 3. The molecule has 0 saturated heterocycles. The van der Waals surface area contributed by atoms with E-state index in [1.165, 1.54) is 35.6 Å². The molecule has 2 aromatic rings. The van der Waals surface area contributed by atoms with E-state index in [9.17, 15) is 14.4 Å². The molecule has 0 amide bonds. The number of aldehydes is 1. The Hall–Kier alpha value is -1.79. The highest BCUT2D eigenvalue weighted by molar-refractivity contribution is 9.11. The zero-order chi connectivity index (χ0) is 14.5. The van der Waals surface area contributed by atoms with Crippen molar-refractivity contribution in [1.29, 1.82) is 0 Å². The van der Waals surface area contributed by atoms with Gasteiger partial charge in [0.05, 0.1) is 14.2 Å². The van der Waals surface area contributed by atoms with Gasteiger partial charge in [0, 0.05) is 5.56 Å². The van der Waals surface area contributed by atoms with Gasteiger partial charge in [-0.15, -0.1) is 11.3 Å². The van der Waals surface area contributed by atoms with Crippen molar-refractivity contribution in [3.8, 4) is 0 Å². The topological polar surface area (TPSA) is 60.4 Å². The van der Waals surface area contributed by atoms with E-state index in [0.717, 1.165) is 3.79 Å². The van der Waals surface area contributed by atoms with Crippen LogP contribution in [0.1, 0.15) is 30.4 Å². The average Bonchev–Trinajstić information content (AvgIpc) is 2.91. The number of ketones is 1. The number of halogens is 1. The fourth-order valence-corrected chi connectivity index (χ4v) is 2.76. The summed E-state index contributed by atoms with van der Waals surface area (Å²) < 4.78 is 5.79. The molecule has 1 aromatic heterocycles. The number of Topliss-reactive ketones (excluding diaryl/α,β-unsaturated/α-hetero) is 1. The molecule has 0 aliphatic rings. The van der Waals surface area contributed by atoms with Crippen LogP contribution >= 0.6 is 27.3 Å². The van der Waals surface area contributed by atoms with Crippen LogP contribution in [0.3, 0.4) is 0 Å². The maximum atomic E-state index is 11.8. The van der Waals surface area contributed by atoms with Crippen molar-refractivity contribution in [2.45, 2.75) is 0 Å². The molecule has 2 rings (SSSR count). The first-order valence-corrected chi connectivity index (χ1v) is 7.22. The van der Waals surface area contributed by atoms with Gasteiger partial charge in [-0.3, -0.25) is 9.59 Å². The van der Waals surface area contributed by atoms with E-state index in [4.69, 9.17) is 4.74 Å². The van der Waals surface area contributed by atoms with Crippen LogP contribution in [0, 0.1) is 0 Å². The lowest BCUT2D eigenvalue weighted by Gasteiger charge is -2.03. The molecule has 0 fully saturated rings. The van der Waals surface area contributed by atoms with Crippen LogP contribution in [0.5, 0.6) is 0 Å². The van der Waals surface area contributed by atoms with Gasteiger partial charge in [-0.05, 0) is 40.2 Å². The molecule has 1 heterocycles. The predicted molar refractivity (Wildman–Crippen MR) is 78.5 cm³/mol. The number of carbonyl (C=O) groups excluding carboxylic acids is 3. The minimum atomic E-state index is -0.591. The van der Waals surface area contributed by atoms with Crippen molar-refractivity contribution in [3.63, 3.8) is 0 Å². The molecule has 20 heavy (non-hydrogen) atoms. The number of hydrogen-bond acceptors (Lipinski definition) is 5. The van der Waals surface area contributed by atoms with Crippen molar-refractivity contribution in [1.82, 2.24) is 0 Å². The van der Waals surface area contributed by atoms with Crippen LogP contribution in [0.25, 0.3) is 0 Å². The quantitative estimate of drug-likeness (QED) is 0.470. The monoisotopic (exact) mass is 352 g/mol. The lowest BCUT2D eigenvalue weighted by Crippen LogP contribution is -2.13. The molecule has 0 aliphatic carbocycles. The van der Waals surface area contributed by atoms with Gasteiger partial charge in [-0.25, -0.2) is 4.79 Å². The van der Waals surface area contributed by atoms with Crippen molar-refractivity contribution in [3.05, 3.63) is 56.2 Å². The summed E-state index contributed by atoms with van der Waals surface area (Å²) in [6, 6.07) is 9.43. The Morgan fingerprint density at radius 1 is 1.15 bits per heavy atom. The number of ether oxygens (including phenoxy) is 1. The van der Waals surface area contributed by atoms with Crippen LogP contribution < -0.4 is 0 Å². The lowest BCUT2D eigenvalue weighted by molar-refractivity contribution is 0.0475.